The molecule has 1 aliphatic heterocycles. The zero-order valence-electron chi connectivity index (χ0n) is 15.4. The van der Waals surface area contributed by atoms with Gasteiger partial charge in [0.25, 0.3) is 0 Å². The van der Waals surface area contributed by atoms with Crippen molar-refractivity contribution in [2.24, 2.45) is 0 Å². The van der Waals surface area contributed by atoms with E-state index in [1.807, 2.05) is 17.5 Å². The summed E-state index contributed by atoms with van der Waals surface area (Å²) in [6.07, 6.45) is 1.62. The van der Waals surface area contributed by atoms with Crippen molar-refractivity contribution in [2.75, 3.05) is 18.4 Å². The Hall–Kier alpha value is -2.46. The van der Waals surface area contributed by atoms with Gasteiger partial charge in [-0.15, -0.1) is 22.7 Å². The second-order valence-electron chi connectivity index (χ2n) is 6.65. The molecule has 8 nitrogen and oxygen atoms in total. The average Bonchev–Trinajstić information content (AvgIpc) is 3.34. The summed E-state index contributed by atoms with van der Waals surface area (Å²) in [4.78, 5) is 42.0. The van der Waals surface area contributed by atoms with Crippen LogP contribution in [0.2, 0.25) is 0 Å². The first kappa shape index (κ1) is 20.3. The number of thiophene rings is 1. The van der Waals surface area contributed by atoms with E-state index < -0.39 is 6.09 Å². The highest BCUT2D eigenvalue weighted by atomic mass is 32.1. The number of likely N-dealkylation sites (tertiary alicyclic amines) is 1. The number of amides is 3. The molecule has 10 heteroatoms. The van der Waals surface area contributed by atoms with Gasteiger partial charge in [0, 0.05) is 41.2 Å². The second kappa shape index (κ2) is 9.16. The monoisotopic (exact) mass is 422 g/mol. The third-order valence-corrected chi connectivity index (χ3v) is 6.29. The average molecular weight is 423 g/mol. The molecule has 0 saturated carbocycles. The van der Waals surface area contributed by atoms with Crippen LogP contribution in [0.4, 0.5) is 9.93 Å². The molecule has 0 aliphatic carbocycles. The van der Waals surface area contributed by atoms with Crippen molar-refractivity contribution in [3.8, 4) is 0 Å². The van der Waals surface area contributed by atoms with Crippen LogP contribution in [0.15, 0.2) is 17.5 Å². The molecule has 1 aliphatic rings. The number of hydrogen-bond acceptors (Lipinski definition) is 6. The number of carboxylic acid groups (broad SMARTS) is 1. The van der Waals surface area contributed by atoms with Gasteiger partial charge in [0.05, 0.1) is 12.1 Å². The number of aromatic nitrogens is 1. The molecule has 3 amide bonds. The van der Waals surface area contributed by atoms with Crippen molar-refractivity contribution in [3.05, 3.63) is 33.0 Å². The van der Waals surface area contributed by atoms with E-state index >= 15 is 0 Å². The number of rotatable bonds is 7. The van der Waals surface area contributed by atoms with Crippen LogP contribution < -0.4 is 10.6 Å². The predicted molar refractivity (Wildman–Crippen MR) is 108 cm³/mol. The summed E-state index contributed by atoms with van der Waals surface area (Å²) in [6, 6.07) is 3.88. The largest absolute Gasteiger partial charge is 0.465 e. The molecule has 1 fully saturated rings. The topological polar surface area (TPSA) is 112 Å². The summed E-state index contributed by atoms with van der Waals surface area (Å²) in [5, 5.41) is 17.1. The van der Waals surface area contributed by atoms with Crippen molar-refractivity contribution in [2.45, 2.75) is 38.6 Å². The summed E-state index contributed by atoms with van der Waals surface area (Å²) in [5.74, 6) is -0.208. The van der Waals surface area contributed by atoms with Gasteiger partial charge >= 0.3 is 6.09 Å². The van der Waals surface area contributed by atoms with Crippen LogP contribution in [0.1, 0.15) is 28.8 Å². The van der Waals surface area contributed by atoms with E-state index in [0.717, 1.165) is 23.4 Å². The molecule has 0 bridgehead atoms. The Kier molecular flexibility index (Phi) is 6.63. The number of nitrogens with zero attached hydrogens (tertiary/aromatic N) is 2. The van der Waals surface area contributed by atoms with Crippen molar-refractivity contribution in [1.82, 2.24) is 15.2 Å². The second-order valence-corrected chi connectivity index (χ2v) is 8.76. The molecule has 3 rings (SSSR count). The van der Waals surface area contributed by atoms with Gasteiger partial charge in [-0.25, -0.2) is 9.78 Å². The molecule has 1 saturated heterocycles. The third kappa shape index (κ3) is 5.77. The maximum absolute atomic E-state index is 12.2. The van der Waals surface area contributed by atoms with E-state index in [4.69, 9.17) is 5.11 Å². The van der Waals surface area contributed by atoms with Crippen molar-refractivity contribution in [3.63, 3.8) is 0 Å². The van der Waals surface area contributed by atoms with Gasteiger partial charge in [-0.3, -0.25) is 9.59 Å². The van der Waals surface area contributed by atoms with Crippen LogP contribution in [-0.2, 0) is 28.9 Å². The first-order valence-electron chi connectivity index (χ1n) is 8.96. The number of carbonyl (C=O) groups is 3. The number of nitrogens with one attached hydrogen (secondary N) is 2. The molecule has 28 heavy (non-hydrogen) atoms. The highest BCUT2D eigenvalue weighted by molar-refractivity contribution is 7.14. The predicted octanol–water partition coefficient (Wildman–Crippen LogP) is 2.36. The van der Waals surface area contributed by atoms with Crippen molar-refractivity contribution < 1.29 is 19.5 Å². The molecule has 0 radical (unpaired) electrons. The highest BCUT2D eigenvalue weighted by Gasteiger charge is 2.26. The number of anilines is 1. The third-order valence-electron chi connectivity index (χ3n) is 4.34. The zero-order valence-corrected chi connectivity index (χ0v) is 17.1. The van der Waals surface area contributed by atoms with Crippen LogP contribution in [0.5, 0.6) is 0 Å². The Bertz CT molecular complexity index is 863. The normalized spacial score (nSPS) is 16.2. The smallest absolute Gasteiger partial charge is 0.407 e. The zero-order chi connectivity index (χ0) is 20.1. The molecule has 150 valence electrons. The lowest BCUT2D eigenvalue weighted by Gasteiger charge is -2.13. The maximum atomic E-state index is 12.2. The Morgan fingerprint density at radius 2 is 2.07 bits per heavy atom. The van der Waals surface area contributed by atoms with E-state index in [-0.39, 0.29) is 17.9 Å². The van der Waals surface area contributed by atoms with Gasteiger partial charge in [0.2, 0.25) is 11.8 Å². The molecular weight excluding hydrogens is 400 g/mol. The Morgan fingerprint density at radius 1 is 1.29 bits per heavy atom. The van der Waals surface area contributed by atoms with Gasteiger partial charge in [0.1, 0.15) is 0 Å². The minimum absolute atomic E-state index is 0.0786. The SMILES string of the molecule is CC(=O)Nc1nc(CCc2ccc(CC(=O)NC3CCN(C(=O)O)C3)s2)cs1. The molecule has 0 spiro atoms. The first-order valence-corrected chi connectivity index (χ1v) is 10.7. The van der Waals surface area contributed by atoms with Gasteiger partial charge < -0.3 is 20.6 Å². The van der Waals surface area contributed by atoms with E-state index in [1.54, 1.807) is 11.3 Å². The number of carbonyl (C=O) groups excluding carboxylic acids is 2. The lowest BCUT2D eigenvalue weighted by Crippen LogP contribution is -2.38. The number of thiazole rings is 1. The summed E-state index contributed by atoms with van der Waals surface area (Å²) in [5.41, 5.74) is 0.936. The van der Waals surface area contributed by atoms with Crippen LogP contribution in [0, 0.1) is 0 Å². The fourth-order valence-corrected chi connectivity index (χ4v) is 4.83. The quantitative estimate of drug-likeness (QED) is 0.634. The summed E-state index contributed by atoms with van der Waals surface area (Å²) in [7, 11) is 0. The summed E-state index contributed by atoms with van der Waals surface area (Å²) < 4.78 is 0. The minimum Gasteiger partial charge on any atom is -0.465 e. The molecule has 2 aromatic rings. The van der Waals surface area contributed by atoms with Gasteiger partial charge in [-0.05, 0) is 31.4 Å². The van der Waals surface area contributed by atoms with Crippen LogP contribution in [-0.4, -0.2) is 52.0 Å². The van der Waals surface area contributed by atoms with Crippen molar-refractivity contribution >= 4 is 45.7 Å². The molecule has 3 N–H and O–H groups in total. The van der Waals surface area contributed by atoms with Gasteiger partial charge in [0.15, 0.2) is 5.13 Å². The molecule has 3 heterocycles. The van der Waals surface area contributed by atoms with Gasteiger partial charge in [-0.1, -0.05) is 0 Å². The standard InChI is InChI=1S/C18H22N4O4S2/c1-11(23)19-17-21-13(10-27-17)2-3-14-4-5-15(28-14)8-16(24)20-12-6-7-22(9-12)18(25)26/h4-5,10,12H,2-3,6-9H2,1H3,(H,20,24)(H,25,26)(H,19,21,23). The fraction of sp³-hybridized carbons (Fsp3) is 0.444. The van der Waals surface area contributed by atoms with Gasteiger partial charge in [-0.2, -0.15) is 0 Å². The van der Waals surface area contributed by atoms with E-state index in [0.29, 0.717) is 31.1 Å². The lowest BCUT2D eigenvalue weighted by molar-refractivity contribution is -0.121. The van der Waals surface area contributed by atoms with E-state index in [9.17, 15) is 14.4 Å². The lowest BCUT2D eigenvalue weighted by atomic mass is 10.2. The maximum Gasteiger partial charge on any atom is 0.407 e. The number of hydrogen-bond donors (Lipinski definition) is 3. The summed E-state index contributed by atoms with van der Waals surface area (Å²) >= 11 is 3.01. The Labute approximate surface area is 170 Å². The molecule has 2 aromatic heterocycles. The van der Waals surface area contributed by atoms with E-state index in [2.05, 4.69) is 15.6 Å². The highest BCUT2D eigenvalue weighted by Crippen LogP contribution is 2.21. The van der Waals surface area contributed by atoms with E-state index in [1.165, 1.54) is 28.0 Å². The Balaban J connectivity index is 1.43. The fourth-order valence-electron chi connectivity index (χ4n) is 3.02. The first-order chi connectivity index (χ1) is 13.4. The van der Waals surface area contributed by atoms with Crippen molar-refractivity contribution in [1.29, 1.82) is 0 Å². The van der Waals surface area contributed by atoms with Crippen LogP contribution in [0.25, 0.3) is 0 Å². The molecule has 0 aromatic carbocycles. The van der Waals surface area contributed by atoms with Crippen LogP contribution in [0.3, 0.4) is 0 Å². The molecule has 1 unspecified atom stereocenters. The number of aryl methyl sites for hydroxylation is 2. The summed E-state index contributed by atoms with van der Waals surface area (Å²) in [6.45, 7) is 2.27. The minimum atomic E-state index is -0.941. The molecular formula is C18H22N4O4S2. The molecule has 1 atom stereocenters. The van der Waals surface area contributed by atoms with Crippen LogP contribution >= 0.6 is 22.7 Å². The Morgan fingerprint density at radius 3 is 2.79 bits per heavy atom.